The molecule has 0 atom stereocenters. The third-order valence-corrected chi connectivity index (χ3v) is 1.44. The normalized spacial score (nSPS) is 12.5. The van der Waals surface area contributed by atoms with Gasteiger partial charge in [-0.1, -0.05) is 13.8 Å². The van der Waals surface area contributed by atoms with E-state index in [-0.39, 0.29) is 0 Å². The average Bonchev–Trinajstić information content (AvgIpc) is 2.55. The van der Waals surface area contributed by atoms with Crippen LogP contribution in [0.4, 0.5) is 0 Å². The van der Waals surface area contributed by atoms with Crippen molar-refractivity contribution in [3.8, 4) is 5.75 Å². The van der Waals surface area contributed by atoms with Crippen LogP contribution < -0.4 is 4.74 Å². The molecule has 0 bridgehead atoms. The Bertz CT molecular complexity index is 200. The Hall–Kier alpha value is -1.05. The number of rotatable bonds is 0. The lowest BCUT2D eigenvalue weighted by Gasteiger charge is -1.92. The molecule has 0 aromatic carbocycles. The lowest BCUT2D eigenvalue weighted by atomic mass is 10.3. The Labute approximate surface area is 67.2 Å². The van der Waals surface area contributed by atoms with Gasteiger partial charge in [0.05, 0.1) is 12.3 Å². The van der Waals surface area contributed by atoms with Crippen molar-refractivity contribution in [1.29, 1.82) is 0 Å². The molecule has 11 heavy (non-hydrogen) atoms. The van der Waals surface area contributed by atoms with Gasteiger partial charge in [-0.3, -0.25) is 4.98 Å². The highest BCUT2D eigenvalue weighted by Crippen LogP contribution is 2.20. The van der Waals surface area contributed by atoms with Crippen LogP contribution in [0.25, 0.3) is 0 Å². The number of pyridine rings is 1. The molecule has 0 unspecified atom stereocenters. The van der Waals surface area contributed by atoms with Crippen LogP contribution in [-0.2, 0) is 6.42 Å². The van der Waals surface area contributed by atoms with Crippen LogP contribution in [0.3, 0.4) is 0 Å². The van der Waals surface area contributed by atoms with Crippen molar-refractivity contribution in [3.05, 3.63) is 24.0 Å². The van der Waals surface area contributed by atoms with Gasteiger partial charge in [0.15, 0.2) is 0 Å². The van der Waals surface area contributed by atoms with E-state index in [9.17, 15) is 0 Å². The maximum Gasteiger partial charge on any atom is 0.140 e. The van der Waals surface area contributed by atoms with Crippen LogP contribution in [-0.4, -0.2) is 11.6 Å². The zero-order chi connectivity index (χ0) is 8.10. The minimum atomic E-state index is 0.798. The van der Waals surface area contributed by atoms with E-state index < -0.39 is 0 Å². The lowest BCUT2D eigenvalue weighted by Crippen LogP contribution is -1.86. The molecule has 0 fully saturated rings. The van der Waals surface area contributed by atoms with Gasteiger partial charge in [0.25, 0.3) is 0 Å². The smallest absolute Gasteiger partial charge is 0.140 e. The van der Waals surface area contributed by atoms with Crippen molar-refractivity contribution in [3.63, 3.8) is 0 Å². The molecular weight excluding hydrogens is 138 g/mol. The van der Waals surface area contributed by atoms with Gasteiger partial charge in [0, 0.05) is 12.6 Å². The second kappa shape index (κ2) is 3.96. The molecule has 0 saturated heterocycles. The molecule has 1 aromatic rings. The first kappa shape index (κ1) is 8.05. The number of hydrogen-bond acceptors (Lipinski definition) is 2. The summed E-state index contributed by atoms with van der Waals surface area (Å²) < 4.78 is 5.24. The quantitative estimate of drug-likeness (QED) is 0.566. The van der Waals surface area contributed by atoms with E-state index in [1.165, 1.54) is 0 Å². The maximum absolute atomic E-state index is 5.24. The highest BCUT2D eigenvalue weighted by Gasteiger charge is 2.10. The van der Waals surface area contributed by atoms with Gasteiger partial charge < -0.3 is 4.74 Å². The van der Waals surface area contributed by atoms with Crippen molar-refractivity contribution in [2.45, 2.75) is 20.3 Å². The summed E-state index contributed by atoms with van der Waals surface area (Å²) >= 11 is 0. The minimum absolute atomic E-state index is 0.798. The van der Waals surface area contributed by atoms with Crippen LogP contribution in [0.2, 0.25) is 0 Å². The van der Waals surface area contributed by atoms with Gasteiger partial charge in [-0.05, 0) is 12.1 Å². The maximum atomic E-state index is 5.24. The van der Waals surface area contributed by atoms with Crippen LogP contribution in [0.15, 0.2) is 18.3 Å². The summed E-state index contributed by atoms with van der Waals surface area (Å²) in [5, 5.41) is 0. The summed E-state index contributed by atoms with van der Waals surface area (Å²) in [6.07, 6.45) is 2.77. The van der Waals surface area contributed by atoms with Crippen LogP contribution in [0.1, 0.15) is 19.5 Å². The second-order valence-electron chi connectivity index (χ2n) is 2.05. The summed E-state index contributed by atoms with van der Waals surface area (Å²) in [7, 11) is 0. The first-order chi connectivity index (χ1) is 5.47. The molecule has 1 aliphatic rings. The van der Waals surface area contributed by atoms with Gasteiger partial charge in [-0.25, -0.2) is 0 Å². The minimum Gasteiger partial charge on any atom is -0.491 e. The van der Waals surface area contributed by atoms with Gasteiger partial charge in [-0.15, -0.1) is 0 Å². The molecule has 2 rings (SSSR count). The molecule has 0 aliphatic carbocycles. The molecule has 2 nitrogen and oxygen atoms in total. The molecular formula is C9H13NO. The highest BCUT2D eigenvalue weighted by atomic mass is 16.5. The van der Waals surface area contributed by atoms with Crippen molar-refractivity contribution < 1.29 is 4.74 Å². The van der Waals surface area contributed by atoms with Gasteiger partial charge in [0.1, 0.15) is 5.75 Å². The number of ether oxygens (including phenoxy) is 1. The SMILES string of the molecule is CC.c1cnc2c(c1)OCC2. The fourth-order valence-corrected chi connectivity index (χ4v) is 1.00. The fraction of sp³-hybridized carbons (Fsp3) is 0.444. The molecule has 0 spiro atoms. The number of nitrogens with zero attached hydrogens (tertiary/aromatic N) is 1. The van der Waals surface area contributed by atoms with E-state index in [4.69, 9.17) is 4.74 Å². The van der Waals surface area contributed by atoms with E-state index in [1.54, 1.807) is 6.20 Å². The lowest BCUT2D eigenvalue weighted by molar-refractivity contribution is 0.357. The van der Waals surface area contributed by atoms with Gasteiger partial charge in [-0.2, -0.15) is 0 Å². The predicted molar refractivity (Wildman–Crippen MR) is 44.8 cm³/mol. The van der Waals surface area contributed by atoms with E-state index in [0.29, 0.717) is 0 Å². The molecule has 1 aromatic heterocycles. The molecule has 0 amide bonds. The summed E-state index contributed by atoms with van der Waals surface area (Å²) in [5.41, 5.74) is 1.09. The molecule has 1 aliphatic heterocycles. The Morgan fingerprint density at radius 2 is 2.27 bits per heavy atom. The first-order valence-electron chi connectivity index (χ1n) is 4.03. The zero-order valence-electron chi connectivity index (χ0n) is 7.00. The average molecular weight is 151 g/mol. The molecule has 0 radical (unpaired) electrons. The Kier molecular flexibility index (Phi) is 2.90. The largest absolute Gasteiger partial charge is 0.491 e. The van der Waals surface area contributed by atoms with Crippen LogP contribution in [0.5, 0.6) is 5.75 Å². The summed E-state index contributed by atoms with van der Waals surface area (Å²) in [6.45, 7) is 4.80. The van der Waals surface area contributed by atoms with Crippen molar-refractivity contribution in [1.82, 2.24) is 4.98 Å². The second-order valence-corrected chi connectivity index (χ2v) is 2.05. The zero-order valence-corrected chi connectivity index (χ0v) is 7.00. The Morgan fingerprint density at radius 3 is 3.00 bits per heavy atom. The first-order valence-corrected chi connectivity index (χ1v) is 4.03. The van der Waals surface area contributed by atoms with Gasteiger partial charge in [0.2, 0.25) is 0 Å². The highest BCUT2D eigenvalue weighted by molar-refractivity contribution is 5.29. The van der Waals surface area contributed by atoms with Crippen molar-refractivity contribution >= 4 is 0 Å². The van der Waals surface area contributed by atoms with E-state index >= 15 is 0 Å². The monoisotopic (exact) mass is 151 g/mol. The van der Waals surface area contributed by atoms with Crippen LogP contribution in [0, 0.1) is 0 Å². The van der Waals surface area contributed by atoms with E-state index in [1.807, 2.05) is 26.0 Å². The fourth-order valence-electron chi connectivity index (χ4n) is 1.00. The van der Waals surface area contributed by atoms with E-state index in [2.05, 4.69) is 4.98 Å². The number of aromatic nitrogens is 1. The Balaban J connectivity index is 0.000000281. The molecule has 2 heteroatoms. The number of hydrogen-bond donors (Lipinski definition) is 0. The number of fused-ring (bicyclic) bond motifs is 1. The Morgan fingerprint density at radius 1 is 1.45 bits per heavy atom. The summed E-state index contributed by atoms with van der Waals surface area (Å²) in [5.74, 6) is 0.956. The topological polar surface area (TPSA) is 22.1 Å². The van der Waals surface area contributed by atoms with Crippen molar-refractivity contribution in [2.75, 3.05) is 6.61 Å². The predicted octanol–water partition coefficient (Wildman–Crippen LogP) is 2.04. The van der Waals surface area contributed by atoms with Crippen molar-refractivity contribution in [2.24, 2.45) is 0 Å². The molecule has 0 saturated carbocycles. The third-order valence-electron chi connectivity index (χ3n) is 1.44. The summed E-state index contributed by atoms with van der Waals surface area (Å²) in [4.78, 5) is 4.13. The molecule has 60 valence electrons. The van der Waals surface area contributed by atoms with Gasteiger partial charge >= 0.3 is 0 Å². The van der Waals surface area contributed by atoms with E-state index in [0.717, 1.165) is 24.5 Å². The van der Waals surface area contributed by atoms with Crippen LogP contribution >= 0.6 is 0 Å². The molecule has 2 heterocycles. The third kappa shape index (κ3) is 1.70. The summed E-state index contributed by atoms with van der Waals surface area (Å²) in [6, 6.07) is 3.85. The molecule has 0 N–H and O–H groups in total. The standard InChI is InChI=1S/C7H7NO.C2H6/c1-2-7-6(8-4-1)3-5-9-7;1-2/h1-2,4H,3,5H2;1-2H3.